The molecule has 0 saturated carbocycles. The third-order valence-electron chi connectivity index (χ3n) is 2.58. The number of hydrogen-bond acceptors (Lipinski definition) is 4. The molecule has 0 saturated heterocycles. The quantitative estimate of drug-likeness (QED) is 0.845. The minimum Gasteiger partial charge on any atom is -0.375 e. The van der Waals surface area contributed by atoms with E-state index in [-0.39, 0.29) is 5.78 Å². The van der Waals surface area contributed by atoms with Crippen molar-refractivity contribution in [2.24, 2.45) is 0 Å². The van der Waals surface area contributed by atoms with Gasteiger partial charge in [-0.3, -0.25) is 4.79 Å². The van der Waals surface area contributed by atoms with E-state index in [0.717, 1.165) is 21.7 Å². The number of ketones is 1. The monoisotopic (exact) mass is 246 g/mol. The van der Waals surface area contributed by atoms with Gasteiger partial charge in [-0.25, -0.2) is 4.98 Å². The molecule has 0 radical (unpaired) electrons. The topological polar surface area (TPSA) is 56.0 Å². The lowest BCUT2D eigenvalue weighted by molar-refractivity contribution is 0.0988. The van der Waals surface area contributed by atoms with E-state index < -0.39 is 0 Å². The van der Waals surface area contributed by atoms with Crippen LogP contribution < -0.4 is 5.73 Å². The molecule has 0 aliphatic rings. The molecule has 4 heteroatoms. The summed E-state index contributed by atoms with van der Waals surface area (Å²) in [6.07, 6.45) is 0.521. The smallest absolute Gasteiger partial charge is 0.180 e. The van der Waals surface area contributed by atoms with E-state index in [9.17, 15) is 4.79 Å². The van der Waals surface area contributed by atoms with Crippen molar-refractivity contribution in [3.63, 3.8) is 0 Å². The first-order chi connectivity index (χ1) is 8.11. The van der Waals surface area contributed by atoms with Crippen molar-refractivity contribution in [2.45, 2.75) is 20.3 Å². The van der Waals surface area contributed by atoms with Gasteiger partial charge in [-0.15, -0.1) is 0 Å². The highest BCUT2D eigenvalue weighted by molar-refractivity contribution is 7.18. The van der Waals surface area contributed by atoms with E-state index in [4.69, 9.17) is 5.73 Å². The average Bonchev–Trinajstić information content (AvgIpc) is 2.67. The lowest BCUT2D eigenvalue weighted by Gasteiger charge is -2.02. The standard InChI is InChI=1S/C13H14N2OS/c1-3-11(16)9-5-4-6-10(7-9)12-8(2)15-13(14)17-12/h4-7H,3H2,1-2H3,(H2,14,15). The molecule has 0 atom stereocenters. The first kappa shape index (κ1) is 11.8. The Bertz CT molecular complexity index is 560. The number of hydrogen-bond donors (Lipinski definition) is 1. The molecule has 1 aromatic carbocycles. The number of nitrogens with zero attached hydrogens (tertiary/aromatic N) is 1. The number of thiazole rings is 1. The summed E-state index contributed by atoms with van der Waals surface area (Å²) in [5.74, 6) is 0.155. The normalized spacial score (nSPS) is 10.5. The van der Waals surface area contributed by atoms with Gasteiger partial charge in [0.1, 0.15) is 0 Å². The SMILES string of the molecule is CCC(=O)c1cccc(-c2sc(N)nc2C)c1. The number of aromatic nitrogens is 1. The molecule has 1 aromatic heterocycles. The maximum absolute atomic E-state index is 11.7. The van der Waals surface area contributed by atoms with Crippen LogP contribution in [0.15, 0.2) is 24.3 Å². The molecule has 0 unspecified atom stereocenters. The number of nitrogen functional groups attached to an aromatic ring is 1. The summed E-state index contributed by atoms with van der Waals surface area (Å²) >= 11 is 1.45. The number of carbonyl (C=O) groups is 1. The molecule has 3 nitrogen and oxygen atoms in total. The van der Waals surface area contributed by atoms with Gasteiger partial charge in [0.2, 0.25) is 0 Å². The Hall–Kier alpha value is -1.68. The fraction of sp³-hybridized carbons (Fsp3) is 0.231. The van der Waals surface area contributed by atoms with Crippen molar-refractivity contribution < 1.29 is 4.79 Å². The van der Waals surface area contributed by atoms with Gasteiger partial charge < -0.3 is 5.73 Å². The van der Waals surface area contributed by atoms with Gasteiger partial charge in [-0.05, 0) is 18.6 Å². The number of nitrogens with two attached hydrogens (primary N) is 1. The fourth-order valence-electron chi connectivity index (χ4n) is 1.72. The first-order valence-corrected chi connectivity index (χ1v) is 6.30. The second-order valence-corrected chi connectivity index (χ2v) is 4.85. The van der Waals surface area contributed by atoms with Crippen LogP contribution in [0.1, 0.15) is 29.4 Å². The largest absolute Gasteiger partial charge is 0.375 e. The number of anilines is 1. The zero-order chi connectivity index (χ0) is 12.4. The maximum atomic E-state index is 11.7. The molecule has 88 valence electrons. The predicted octanol–water partition coefficient (Wildman–Crippen LogP) is 3.29. The fourth-order valence-corrected chi connectivity index (χ4v) is 2.55. The Labute approximate surface area is 104 Å². The van der Waals surface area contributed by atoms with Crippen LogP contribution in [-0.2, 0) is 0 Å². The van der Waals surface area contributed by atoms with Gasteiger partial charge in [-0.2, -0.15) is 0 Å². The van der Waals surface area contributed by atoms with Gasteiger partial charge in [0.05, 0.1) is 10.6 Å². The van der Waals surface area contributed by atoms with Crippen LogP contribution in [-0.4, -0.2) is 10.8 Å². The van der Waals surface area contributed by atoms with Crippen LogP contribution in [0.3, 0.4) is 0 Å². The van der Waals surface area contributed by atoms with Crippen molar-refractivity contribution in [1.29, 1.82) is 0 Å². The number of rotatable bonds is 3. The zero-order valence-electron chi connectivity index (χ0n) is 9.86. The highest BCUT2D eigenvalue weighted by Gasteiger charge is 2.10. The van der Waals surface area contributed by atoms with E-state index in [0.29, 0.717) is 11.6 Å². The molecule has 0 spiro atoms. The minimum atomic E-state index is 0.155. The molecule has 0 aliphatic carbocycles. The number of aryl methyl sites for hydroxylation is 1. The minimum absolute atomic E-state index is 0.155. The summed E-state index contributed by atoms with van der Waals surface area (Å²) in [7, 11) is 0. The first-order valence-electron chi connectivity index (χ1n) is 5.48. The van der Waals surface area contributed by atoms with Crippen LogP contribution in [0.5, 0.6) is 0 Å². The summed E-state index contributed by atoms with van der Waals surface area (Å²) in [5.41, 5.74) is 8.35. The molecule has 2 N–H and O–H groups in total. The molecular weight excluding hydrogens is 232 g/mol. The number of Topliss-reactive ketones (excluding diaryl/α,β-unsaturated/α-hetero) is 1. The molecular formula is C13H14N2OS. The van der Waals surface area contributed by atoms with E-state index >= 15 is 0 Å². The summed E-state index contributed by atoms with van der Waals surface area (Å²) in [5, 5.41) is 0.560. The highest BCUT2D eigenvalue weighted by atomic mass is 32.1. The molecule has 0 amide bonds. The molecule has 1 heterocycles. The third-order valence-corrected chi connectivity index (χ3v) is 3.62. The highest BCUT2D eigenvalue weighted by Crippen LogP contribution is 2.31. The van der Waals surface area contributed by atoms with Gasteiger partial charge >= 0.3 is 0 Å². The Balaban J connectivity index is 2.46. The van der Waals surface area contributed by atoms with Crippen molar-refractivity contribution in [1.82, 2.24) is 4.98 Å². The molecule has 0 fully saturated rings. The van der Waals surface area contributed by atoms with Gasteiger partial charge in [0.15, 0.2) is 10.9 Å². The molecule has 0 aliphatic heterocycles. The van der Waals surface area contributed by atoms with Crippen molar-refractivity contribution in [3.05, 3.63) is 35.5 Å². The molecule has 2 aromatic rings. The van der Waals surface area contributed by atoms with Gasteiger partial charge in [-0.1, -0.05) is 36.5 Å². The Morgan fingerprint density at radius 3 is 2.82 bits per heavy atom. The molecule has 2 rings (SSSR count). The van der Waals surface area contributed by atoms with Crippen molar-refractivity contribution >= 4 is 22.3 Å². The average molecular weight is 246 g/mol. The van der Waals surface area contributed by atoms with E-state index in [1.165, 1.54) is 11.3 Å². The lowest BCUT2D eigenvalue weighted by Crippen LogP contribution is -1.96. The van der Waals surface area contributed by atoms with Crippen LogP contribution >= 0.6 is 11.3 Å². The predicted molar refractivity (Wildman–Crippen MR) is 71.3 cm³/mol. The third kappa shape index (κ3) is 2.36. The second-order valence-electron chi connectivity index (χ2n) is 3.82. The molecule has 0 bridgehead atoms. The lowest BCUT2D eigenvalue weighted by atomic mass is 10.0. The van der Waals surface area contributed by atoms with Gasteiger partial charge in [0, 0.05) is 12.0 Å². The summed E-state index contributed by atoms with van der Waals surface area (Å²) < 4.78 is 0. The van der Waals surface area contributed by atoms with Crippen molar-refractivity contribution in [3.8, 4) is 10.4 Å². The van der Waals surface area contributed by atoms with Crippen LogP contribution in [0, 0.1) is 6.92 Å². The molecule has 17 heavy (non-hydrogen) atoms. The zero-order valence-corrected chi connectivity index (χ0v) is 10.7. The van der Waals surface area contributed by atoms with Crippen LogP contribution in [0.2, 0.25) is 0 Å². The van der Waals surface area contributed by atoms with Crippen LogP contribution in [0.4, 0.5) is 5.13 Å². The Morgan fingerprint density at radius 1 is 1.47 bits per heavy atom. The van der Waals surface area contributed by atoms with Gasteiger partial charge in [0.25, 0.3) is 0 Å². The van der Waals surface area contributed by atoms with Crippen LogP contribution in [0.25, 0.3) is 10.4 Å². The summed E-state index contributed by atoms with van der Waals surface area (Å²) in [4.78, 5) is 16.9. The number of benzene rings is 1. The Morgan fingerprint density at radius 2 is 2.24 bits per heavy atom. The summed E-state index contributed by atoms with van der Waals surface area (Å²) in [6, 6.07) is 7.63. The summed E-state index contributed by atoms with van der Waals surface area (Å²) in [6.45, 7) is 3.79. The Kier molecular flexibility index (Phi) is 3.24. The number of carbonyl (C=O) groups excluding carboxylic acids is 1. The van der Waals surface area contributed by atoms with Crippen molar-refractivity contribution in [2.75, 3.05) is 5.73 Å². The van der Waals surface area contributed by atoms with E-state index in [1.54, 1.807) is 0 Å². The second kappa shape index (κ2) is 4.67. The van der Waals surface area contributed by atoms with E-state index in [1.807, 2.05) is 38.1 Å². The van der Waals surface area contributed by atoms with E-state index in [2.05, 4.69) is 4.98 Å². The maximum Gasteiger partial charge on any atom is 0.180 e.